The first-order valence-electron chi connectivity index (χ1n) is 21.1. The van der Waals surface area contributed by atoms with Gasteiger partial charge in [-0.15, -0.1) is 11.3 Å². The van der Waals surface area contributed by atoms with Crippen molar-refractivity contribution < 1.29 is 0 Å². The summed E-state index contributed by atoms with van der Waals surface area (Å²) in [6, 6.07) is 76.6. The maximum atomic E-state index is 5.43. The second kappa shape index (κ2) is 13.6. The fraction of sp³-hybridized carbons (Fsp3) is 0.0172. The van der Waals surface area contributed by atoms with Gasteiger partial charge in [-0.25, -0.2) is 15.0 Å². The third kappa shape index (κ3) is 5.08. The predicted molar refractivity (Wildman–Crippen MR) is 256 cm³/mol. The number of hydrogen-bond acceptors (Lipinski definition) is 4. The Balaban J connectivity index is 1.01. The highest BCUT2D eigenvalue weighted by atomic mass is 32.1. The Kier molecular flexibility index (Phi) is 7.69. The zero-order valence-electron chi connectivity index (χ0n) is 33.5. The van der Waals surface area contributed by atoms with E-state index in [2.05, 4.69) is 212 Å². The highest BCUT2D eigenvalue weighted by Gasteiger charge is 2.52. The van der Waals surface area contributed by atoms with Gasteiger partial charge in [0.15, 0.2) is 17.5 Å². The molecule has 11 aromatic rings. The van der Waals surface area contributed by atoms with E-state index in [1.165, 1.54) is 70.2 Å². The summed E-state index contributed by atoms with van der Waals surface area (Å²) in [5, 5.41) is 2.61. The van der Waals surface area contributed by atoms with Crippen molar-refractivity contribution in [3.63, 3.8) is 0 Å². The lowest BCUT2D eigenvalue weighted by Gasteiger charge is -2.30. The first kappa shape index (κ1) is 35.0. The molecule has 0 aliphatic heterocycles. The second-order valence-corrected chi connectivity index (χ2v) is 17.3. The normalized spacial score (nSPS) is 13.0. The van der Waals surface area contributed by atoms with Crippen molar-refractivity contribution in [2.24, 2.45) is 0 Å². The van der Waals surface area contributed by atoms with Crippen molar-refractivity contribution in [1.29, 1.82) is 0 Å². The van der Waals surface area contributed by atoms with Gasteiger partial charge in [0.25, 0.3) is 0 Å². The SMILES string of the molecule is c1ccc(-c2ccccc2-c2nc(-c3ccc(-c4ccc5c(c4)sc4ccccc45)cc3)nc(-c3cccc4c3-c3ccccc3C43c4ccccc4-c4ccccc43)n2)cc1. The molecule has 0 bridgehead atoms. The van der Waals surface area contributed by atoms with Crippen LogP contribution in [-0.4, -0.2) is 15.0 Å². The summed E-state index contributed by atoms with van der Waals surface area (Å²) in [7, 11) is 0. The first-order valence-corrected chi connectivity index (χ1v) is 21.9. The zero-order valence-corrected chi connectivity index (χ0v) is 34.3. The lowest BCUT2D eigenvalue weighted by atomic mass is 9.70. The van der Waals surface area contributed by atoms with Crippen LogP contribution in [0.25, 0.3) is 98.8 Å². The van der Waals surface area contributed by atoms with Gasteiger partial charge in [-0.1, -0.05) is 200 Å². The number of aromatic nitrogens is 3. The molecule has 62 heavy (non-hydrogen) atoms. The summed E-state index contributed by atoms with van der Waals surface area (Å²) >= 11 is 1.85. The molecule has 1 spiro atoms. The van der Waals surface area contributed by atoms with Gasteiger partial charge in [-0.05, 0) is 78.9 Å². The fourth-order valence-corrected chi connectivity index (χ4v) is 11.5. The molecule has 0 N–H and O–H groups in total. The van der Waals surface area contributed by atoms with Gasteiger partial charge < -0.3 is 0 Å². The molecule has 13 rings (SSSR count). The average Bonchev–Trinajstić information content (AvgIpc) is 3.98. The number of benzene rings is 9. The Hall–Kier alpha value is -7.79. The Morgan fingerprint density at radius 3 is 1.53 bits per heavy atom. The zero-order chi connectivity index (χ0) is 40.8. The molecule has 3 nitrogen and oxygen atoms in total. The molecule has 0 saturated heterocycles. The van der Waals surface area contributed by atoms with Crippen LogP contribution in [0.5, 0.6) is 0 Å². The average molecular weight is 806 g/mol. The van der Waals surface area contributed by atoms with Crippen LogP contribution in [0.3, 0.4) is 0 Å². The summed E-state index contributed by atoms with van der Waals surface area (Å²) < 4.78 is 2.60. The van der Waals surface area contributed by atoms with Crippen molar-refractivity contribution >= 4 is 31.5 Å². The van der Waals surface area contributed by atoms with Crippen LogP contribution >= 0.6 is 11.3 Å². The molecular formula is C58H35N3S. The largest absolute Gasteiger partial charge is 0.208 e. The van der Waals surface area contributed by atoms with E-state index in [1.54, 1.807) is 0 Å². The molecule has 2 aliphatic rings. The number of fused-ring (bicyclic) bond motifs is 13. The molecule has 2 aliphatic carbocycles. The summed E-state index contributed by atoms with van der Waals surface area (Å²) in [5.41, 5.74) is 17.0. The van der Waals surface area contributed by atoms with E-state index in [1.807, 2.05) is 11.3 Å². The third-order valence-corrected chi connectivity index (χ3v) is 14.1. The molecule has 0 saturated carbocycles. The Labute approximate surface area is 363 Å². The van der Waals surface area contributed by atoms with Gasteiger partial charge in [-0.2, -0.15) is 0 Å². The van der Waals surface area contributed by atoms with Crippen LogP contribution in [0.4, 0.5) is 0 Å². The number of rotatable bonds is 5. The summed E-state index contributed by atoms with van der Waals surface area (Å²) in [4.78, 5) is 16.1. The minimum Gasteiger partial charge on any atom is -0.208 e. The first-order chi connectivity index (χ1) is 30.7. The van der Waals surface area contributed by atoms with Gasteiger partial charge >= 0.3 is 0 Å². The van der Waals surface area contributed by atoms with Gasteiger partial charge in [0.05, 0.1) is 5.41 Å². The fourth-order valence-electron chi connectivity index (χ4n) is 10.3. The molecule has 0 fully saturated rings. The van der Waals surface area contributed by atoms with Gasteiger partial charge in [0.1, 0.15) is 0 Å². The highest BCUT2D eigenvalue weighted by Crippen LogP contribution is 2.63. The lowest BCUT2D eigenvalue weighted by Crippen LogP contribution is -2.25. The summed E-state index contributed by atoms with van der Waals surface area (Å²) in [5.74, 6) is 1.92. The maximum absolute atomic E-state index is 5.43. The molecule has 288 valence electrons. The van der Waals surface area contributed by atoms with Gasteiger partial charge in [0, 0.05) is 36.9 Å². The number of hydrogen-bond donors (Lipinski definition) is 0. The monoisotopic (exact) mass is 805 g/mol. The van der Waals surface area contributed by atoms with Crippen molar-refractivity contribution in [3.05, 3.63) is 235 Å². The van der Waals surface area contributed by atoms with Crippen LogP contribution in [0.2, 0.25) is 0 Å². The van der Waals surface area contributed by atoms with Gasteiger partial charge in [0.2, 0.25) is 0 Å². The molecule has 4 heteroatoms. The standard InChI is InChI=1S/C58H35N3S/c1-2-15-37(16-3-1)40-17-4-5-21-45(40)56-59-55(38-31-29-36(30-32-38)39-33-34-44-43-20-9-13-28-52(43)62-53(44)35-39)60-57(61-56)47-23-14-27-51-54(47)46-22-8-12-26-50(46)58(51)48-24-10-6-18-41(48)42-19-7-11-25-49(42)58/h1-35H. The molecule has 2 heterocycles. The predicted octanol–water partition coefficient (Wildman–Crippen LogP) is 14.9. The Morgan fingerprint density at radius 1 is 0.290 bits per heavy atom. The van der Waals surface area contributed by atoms with E-state index in [4.69, 9.17) is 15.0 Å². The molecule has 0 radical (unpaired) electrons. The minimum atomic E-state index is -0.470. The van der Waals surface area contributed by atoms with Crippen LogP contribution in [0.15, 0.2) is 212 Å². The molecule has 2 aromatic heterocycles. The Morgan fingerprint density at radius 2 is 0.790 bits per heavy atom. The minimum absolute atomic E-state index is 0.470. The molecular weight excluding hydrogens is 771 g/mol. The van der Waals surface area contributed by atoms with Crippen LogP contribution in [-0.2, 0) is 5.41 Å². The van der Waals surface area contributed by atoms with E-state index < -0.39 is 5.41 Å². The summed E-state index contributed by atoms with van der Waals surface area (Å²) in [6.07, 6.45) is 0. The summed E-state index contributed by atoms with van der Waals surface area (Å²) in [6.45, 7) is 0. The van der Waals surface area contributed by atoms with E-state index in [0.717, 1.165) is 33.4 Å². The van der Waals surface area contributed by atoms with E-state index >= 15 is 0 Å². The highest BCUT2D eigenvalue weighted by molar-refractivity contribution is 7.25. The quantitative estimate of drug-likeness (QED) is 0.174. The van der Waals surface area contributed by atoms with Crippen LogP contribution in [0, 0.1) is 0 Å². The maximum Gasteiger partial charge on any atom is 0.164 e. The number of thiophene rings is 1. The molecule has 0 atom stereocenters. The van der Waals surface area contributed by atoms with Crippen LogP contribution < -0.4 is 0 Å². The number of nitrogens with zero attached hydrogens (tertiary/aromatic N) is 3. The van der Waals surface area contributed by atoms with E-state index in [9.17, 15) is 0 Å². The molecule has 9 aromatic carbocycles. The topological polar surface area (TPSA) is 38.7 Å². The van der Waals surface area contributed by atoms with E-state index in [-0.39, 0.29) is 0 Å². The van der Waals surface area contributed by atoms with Crippen molar-refractivity contribution in [1.82, 2.24) is 15.0 Å². The van der Waals surface area contributed by atoms with Crippen molar-refractivity contribution in [3.8, 4) is 78.7 Å². The molecule has 0 amide bonds. The Bertz CT molecular complexity index is 3540. The van der Waals surface area contributed by atoms with E-state index in [0.29, 0.717) is 17.5 Å². The lowest BCUT2D eigenvalue weighted by molar-refractivity contribution is 0.794. The van der Waals surface area contributed by atoms with Crippen molar-refractivity contribution in [2.45, 2.75) is 5.41 Å². The van der Waals surface area contributed by atoms with Crippen molar-refractivity contribution in [2.75, 3.05) is 0 Å². The second-order valence-electron chi connectivity index (χ2n) is 16.2. The third-order valence-electron chi connectivity index (χ3n) is 13.0. The smallest absolute Gasteiger partial charge is 0.164 e. The van der Waals surface area contributed by atoms with Crippen LogP contribution in [0.1, 0.15) is 22.3 Å². The molecule has 0 unspecified atom stereocenters. The van der Waals surface area contributed by atoms with Gasteiger partial charge in [-0.3, -0.25) is 0 Å².